The van der Waals surface area contributed by atoms with Crippen molar-refractivity contribution in [1.29, 1.82) is 5.26 Å². The Labute approximate surface area is 155 Å². The number of benzene rings is 2. The highest BCUT2D eigenvalue weighted by Crippen LogP contribution is 2.17. The second-order valence-electron chi connectivity index (χ2n) is 5.12. The van der Waals surface area contributed by atoms with Crippen molar-refractivity contribution >= 4 is 37.5 Å². The minimum atomic E-state index is -3.81. The molecule has 0 atom stereocenters. The van der Waals surface area contributed by atoms with E-state index in [4.69, 9.17) is 5.26 Å². The van der Waals surface area contributed by atoms with Crippen molar-refractivity contribution in [3.8, 4) is 6.07 Å². The van der Waals surface area contributed by atoms with Crippen LogP contribution in [0.1, 0.15) is 12.5 Å². The number of carbonyl (C=O) groups excluding carboxylic acids is 1. The summed E-state index contributed by atoms with van der Waals surface area (Å²) in [4.78, 5) is 12.2. The lowest BCUT2D eigenvalue weighted by molar-refractivity contribution is -0.116. The molecule has 0 aliphatic heterocycles. The van der Waals surface area contributed by atoms with E-state index < -0.39 is 15.9 Å². The molecular formula is C17H16BrN3O3S. The molecule has 130 valence electrons. The molecule has 6 nitrogen and oxygen atoms in total. The number of nitrogens with one attached hydrogen (secondary N) is 1. The van der Waals surface area contributed by atoms with Gasteiger partial charge in [0.1, 0.15) is 0 Å². The van der Waals surface area contributed by atoms with Crippen LogP contribution in [0.15, 0.2) is 57.9 Å². The van der Waals surface area contributed by atoms with Crippen molar-refractivity contribution in [2.45, 2.75) is 11.8 Å². The Bertz CT molecular complexity index is 888. The summed E-state index contributed by atoms with van der Waals surface area (Å²) in [5.41, 5.74) is 0.954. The van der Waals surface area contributed by atoms with Gasteiger partial charge in [0.25, 0.3) is 0 Å². The first-order chi connectivity index (χ1) is 11.9. The number of likely N-dealkylation sites (N-methyl/N-ethyl adjacent to an activating group) is 1. The van der Waals surface area contributed by atoms with E-state index in [-0.39, 0.29) is 18.0 Å². The number of rotatable bonds is 6. The minimum absolute atomic E-state index is 0.0461. The van der Waals surface area contributed by atoms with Crippen LogP contribution in [0.25, 0.3) is 0 Å². The molecule has 0 fully saturated rings. The number of sulfonamides is 1. The Morgan fingerprint density at radius 1 is 1.16 bits per heavy atom. The van der Waals surface area contributed by atoms with Gasteiger partial charge in [-0.05, 0) is 48.5 Å². The normalized spacial score (nSPS) is 11.1. The zero-order valence-corrected chi connectivity index (χ0v) is 15.8. The average molecular weight is 422 g/mol. The fourth-order valence-electron chi connectivity index (χ4n) is 2.11. The molecule has 0 spiro atoms. The van der Waals surface area contributed by atoms with Crippen LogP contribution >= 0.6 is 15.9 Å². The molecule has 0 unspecified atom stereocenters. The summed E-state index contributed by atoms with van der Waals surface area (Å²) >= 11 is 3.30. The third-order valence-corrected chi connectivity index (χ3v) is 5.89. The molecule has 2 rings (SSSR count). The molecule has 8 heteroatoms. The Hall–Kier alpha value is -2.21. The lowest BCUT2D eigenvalue weighted by Crippen LogP contribution is -2.37. The Morgan fingerprint density at radius 3 is 2.28 bits per heavy atom. The van der Waals surface area contributed by atoms with Gasteiger partial charge in [-0.2, -0.15) is 9.57 Å². The molecule has 1 amide bonds. The SMILES string of the molecule is CCN(CC(=O)Nc1ccc(Br)cc1)S(=O)(=O)c1ccc(C#N)cc1. The fraction of sp³-hybridized carbons (Fsp3) is 0.176. The highest BCUT2D eigenvalue weighted by Gasteiger charge is 2.25. The summed E-state index contributed by atoms with van der Waals surface area (Å²) in [5.74, 6) is -0.429. The predicted octanol–water partition coefficient (Wildman–Crippen LogP) is 2.97. The van der Waals surface area contributed by atoms with Gasteiger partial charge < -0.3 is 5.32 Å². The highest BCUT2D eigenvalue weighted by atomic mass is 79.9. The molecule has 0 bridgehead atoms. The third kappa shape index (κ3) is 4.89. The van der Waals surface area contributed by atoms with Crippen molar-refractivity contribution in [2.24, 2.45) is 0 Å². The zero-order chi connectivity index (χ0) is 18.4. The second-order valence-corrected chi connectivity index (χ2v) is 7.98. The molecule has 0 heterocycles. The van der Waals surface area contributed by atoms with E-state index in [1.54, 1.807) is 31.2 Å². The fourth-order valence-corrected chi connectivity index (χ4v) is 3.78. The van der Waals surface area contributed by atoms with Crippen LogP contribution in [0.2, 0.25) is 0 Å². The topological polar surface area (TPSA) is 90.3 Å². The van der Waals surface area contributed by atoms with Crippen LogP contribution in [0.3, 0.4) is 0 Å². The molecule has 25 heavy (non-hydrogen) atoms. The Morgan fingerprint density at radius 2 is 1.76 bits per heavy atom. The average Bonchev–Trinajstić information content (AvgIpc) is 2.61. The monoisotopic (exact) mass is 421 g/mol. The van der Waals surface area contributed by atoms with Gasteiger partial charge >= 0.3 is 0 Å². The first-order valence-corrected chi connectivity index (χ1v) is 9.66. The maximum absolute atomic E-state index is 12.7. The van der Waals surface area contributed by atoms with Gasteiger partial charge in [0.15, 0.2) is 0 Å². The van der Waals surface area contributed by atoms with E-state index in [1.807, 2.05) is 6.07 Å². The number of anilines is 1. The summed E-state index contributed by atoms with van der Waals surface area (Å²) in [6.07, 6.45) is 0. The number of amides is 1. The summed E-state index contributed by atoms with van der Waals surface area (Å²) in [6.45, 7) is 1.51. The number of nitriles is 1. The van der Waals surface area contributed by atoms with Gasteiger partial charge in [-0.3, -0.25) is 4.79 Å². The third-order valence-electron chi connectivity index (χ3n) is 3.42. The molecule has 2 aromatic carbocycles. The number of carbonyl (C=O) groups is 1. The van der Waals surface area contributed by atoms with Gasteiger partial charge in [-0.25, -0.2) is 8.42 Å². The van der Waals surface area contributed by atoms with Crippen molar-refractivity contribution in [3.63, 3.8) is 0 Å². The first kappa shape index (κ1) is 19.1. The number of hydrogen-bond donors (Lipinski definition) is 1. The minimum Gasteiger partial charge on any atom is -0.325 e. The lowest BCUT2D eigenvalue weighted by atomic mass is 10.2. The standard InChI is InChI=1S/C17H16BrN3O3S/c1-2-21(12-17(22)20-15-7-5-14(18)6-8-15)25(23,24)16-9-3-13(11-19)4-10-16/h3-10H,2,12H2,1H3,(H,20,22). The molecule has 2 aromatic rings. The van der Waals surface area contributed by atoms with Crippen LogP contribution in [0.4, 0.5) is 5.69 Å². The van der Waals surface area contributed by atoms with Crippen molar-refractivity contribution in [3.05, 3.63) is 58.6 Å². The Kier molecular flexibility index (Phi) is 6.31. The molecule has 0 aromatic heterocycles. The van der Waals surface area contributed by atoms with Gasteiger partial charge in [0.05, 0.1) is 23.1 Å². The molecule has 0 aliphatic rings. The number of hydrogen-bond acceptors (Lipinski definition) is 4. The molecule has 1 N–H and O–H groups in total. The molecule has 0 saturated heterocycles. The maximum Gasteiger partial charge on any atom is 0.243 e. The summed E-state index contributed by atoms with van der Waals surface area (Å²) < 4.78 is 27.3. The van der Waals surface area contributed by atoms with E-state index in [1.165, 1.54) is 24.3 Å². The van der Waals surface area contributed by atoms with Crippen molar-refractivity contribution in [2.75, 3.05) is 18.4 Å². The quantitative estimate of drug-likeness (QED) is 0.775. The van der Waals surface area contributed by atoms with E-state index in [9.17, 15) is 13.2 Å². The lowest BCUT2D eigenvalue weighted by Gasteiger charge is -2.20. The van der Waals surface area contributed by atoms with Crippen LogP contribution in [0.5, 0.6) is 0 Å². The smallest absolute Gasteiger partial charge is 0.243 e. The summed E-state index contributed by atoms with van der Waals surface area (Å²) in [5, 5.41) is 11.5. The first-order valence-electron chi connectivity index (χ1n) is 7.42. The molecule has 0 aliphatic carbocycles. The molecule has 0 radical (unpaired) electrons. The largest absolute Gasteiger partial charge is 0.325 e. The zero-order valence-electron chi connectivity index (χ0n) is 13.4. The maximum atomic E-state index is 12.7. The van der Waals surface area contributed by atoms with Crippen molar-refractivity contribution < 1.29 is 13.2 Å². The van der Waals surface area contributed by atoms with Crippen LogP contribution in [0, 0.1) is 11.3 Å². The van der Waals surface area contributed by atoms with E-state index >= 15 is 0 Å². The predicted molar refractivity (Wildman–Crippen MR) is 98.4 cm³/mol. The van der Waals surface area contributed by atoms with Gasteiger partial charge in [0, 0.05) is 16.7 Å². The van der Waals surface area contributed by atoms with E-state index in [0.717, 1.165) is 8.78 Å². The van der Waals surface area contributed by atoms with Gasteiger partial charge in [0.2, 0.25) is 15.9 Å². The molecular weight excluding hydrogens is 406 g/mol. The van der Waals surface area contributed by atoms with Crippen molar-refractivity contribution in [1.82, 2.24) is 4.31 Å². The second kappa shape index (κ2) is 8.25. The summed E-state index contributed by atoms with van der Waals surface area (Å²) in [6, 6.07) is 14.5. The van der Waals surface area contributed by atoms with Crippen LogP contribution < -0.4 is 5.32 Å². The van der Waals surface area contributed by atoms with E-state index in [2.05, 4.69) is 21.2 Å². The summed E-state index contributed by atoms with van der Waals surface area (Å²) in [7, 11) is -3.81. The van der Waals surface area contributed by atoms with Crippen LogP contribution in [-0.2, 0) is 14.8 Å². The van der Waals surface area contributed by atoms with E-state index in [0.29, 0.717) is 11.3 Å². The number of halogens is 1. The number of nitrogens with zero attached hydrogens (tertiary/aromatic N) is 2. The Balaban J connectivity index is 2.13. The highest BCUT2D eigenvalue weighted by molar-refractivity contribution is 9.10. The van der Waals surface area contributed by atoms with Gasteiger partial charge in [-0.15, -0.1) is 0 Å². The molecule has 0 saturated carbocycles. The van der Waals surface area contributed by atoms with Gasteiger partial charge in [-0.1, -0.05) is 22.9 Å². The van der Waals surface area contributed by atoms with Crippen LogP contribution in [-0.4, -0.2) is 31.7 Å².